The molecule has 2 fully saturated rings. The third-order valence-corrected chi connectivity index (χ3v) is 6.50. The molecule has 30 heavy (non-hydrogen) atoms. The van der Waals surface area contributed by atoms with Crippen molar-refractivity contribution in [2.24, 2.45) is 11.7 Å². The third-order valence-electron chi connectivity index (χ3n) is 6.50. The van der Waals surface area contributed by atoms with Crippen LogP contribution in [-0.4, -0.2) is 35.7 Å². The first-order valence-corrected chi connectivity index (χ1v) is 11.2. The Balaban J connectivity index is 1.58. The summed E-state index contributed by atoms with van der Waals surface area (Å²) in [7, 11) is 0. The molecule has 0 saturated carbocycles. The van der Waals surface area contributed by atoms with Crippen molar-refractivity contribution in [3.63, 3.8) is 0 Å². The number of aliphatic hydroxyl groups is 1. The van der Waals surface area contributed by atoms with E-state index in [0.29, 0.717) is 6.54 Å². The number of ether oxygens (including phenoxy) is 2. The Kier molecular flexibility index (Phi) is 7.18. The number of aliphatic hydroxyl groups excluding tert-OH is 1. The van der Waals surface area contributed by atoms with E-state index in [1.165, 1.54) is 19.3 Å². The average molecular weight is 411 g/mol. The van der Waals surface area contributed by atoms with Crippen LogP contribution in [0, 0.1) is 5.92 Å². The zero-order chi connectivity index (χ0) is 20.9. The summed E-state index contributed by atoms with van der Waals surface area (Å²) in [4.78, 5) is 2.54. The second-order valence-corrected chi connectivity index (χ2v) is 8.63. The van der Waals surface area contributed by atoms with Crippen LogP contribution < -0.4 is 5.73 Å². The summed E-state index contributed by atoms with van der Waals surface area (Å²) >= 11 is 0. The number of likely N-dealkylation sites (tertiary alicyclic amines) is 1. The van der Waals surface area contributed by atoms with Gasteiger partial charge in [-0.2, -0.15) is 0 Å². The predicted molar refractivity (Wildman–Crippen MR) is 118 cm³/mol. The Morgan fingerprint density at radius 3 is 2.17 bits per heavy atom. The first kappa shape index (κ1) is 21.5. The molecular formula is C25H34N2O3. The zero-order valence-corrected chi connectivity index (χ0v) is 17.9. The van der Waals surface area contributed by atoms with Crippen LogP contribution in [0.2, 0.25) is 0 Å². The fraction of sp³-hybridized carbons (Fsp3) is 0.520. The lowest BCUT2D eigenvalue weighted by Gasteiger charge is -2.43. The van der Waals surface area contributed by atoms with Crippen LogP contribution in [0.25, 0.3) is 0 Å². The molecule has 0 bridgehead atoms. The molecule has 4 rings (SSSR count). The van der Waals surface area contributed by atoms with E-state index in [9.17, 15) is 5.11 Å². The fourth-order valence-electron chi connectivity index (χ4n) is 4.54. The van der Waals surface area contributed by atoms with Crippen LogP contribution in [0.1, 0.15) is 60.8 Å². The van der Waals surface area contributed by atoms with Crippen molar-refractivity contribution in [3.8, 4) is 0 Å². The molecule has 0 unspecified atom stereocenters. The van der Waals surface area contributed by atoms with Gasteiger partial charge in [-0.3, -0.25) is 0 Å². The second-order valence-electron chi connectivity index (χ2n) is 8.63. The standard InChI is InChI=1S/C25H34N2O3/c1-18-23(16-27-13-3-2-4-14-27)29-25(22-11-5-19(15-26)6-12-22)30-24(18)21-9-7-20(17-28)8-10-21/h5-12,18,23-25,28H,2-4,13-17,26H2,1H3/t18-,23+,24+,25+/m0/s1. The molecule has 4 atom stereocenters. The van der Waals surface area contributed by atoms with Crippen LogP contribution in [0.4, 0.5) is 0 Å². The summed E-state index contributed by atoms with van der Waals surface area (Å²) in [6, 6.07) is 16.3. The van der Waals surface area contributed by atoms with Gasteiger partial charge in [0.15, 0.2) is 6.29 Å². The molecular weight excluding hydrogens is 376 g/mol. The number of piperidine rings is 1. The molecule has 0 aliphatic carbocycles. The number of hydrogen-bond donors (Lipinski definition) is 2. The van der Waals surface area contributed by atoms with E-state index in [1.807, 2.05) is 24.3 Å². The van der Waals surface area contributed by atoms with Gasteiger partial charge in [0.05, 0.1) is 18.8 Å². The monoisotopic (exact) mass is 410 g/mol. The molecule has 2 aliphatic rings. The van der Waals surface area contributed by atoms with E-state index in [4.69, 9.17) is 15.2 Å². The van der Waals surface area contributed by atoms with Crippen molar-refractivity contribution in [2.45, 2.75) is 57.8 Å². The van der Waals surface area contributed by atoms with Crippen molar-refractivity contribution in [1.29, 1.82) is 0 Å². The number of nitrogens with zero attached hydrogens (tertiary/aromatic N) is 1. The Labute approximate surface area is 179 Å². The third kappa shape index (κ3) is 4.93. The molecule has 0 aromatic heterocycles. The SMILES string of the molecule is C[C@H]1[C@@H](CN2CCCCC2)O[C@@H](c2ccc(CN)cc2)O[C@H]1c1ccc(CO)cc1. The molecule has 5 nitrogen and oxygen atoms in total. The minimum atomic E-state index is -0.398. The first-order valence-electron chi connectivity index (χ1n) is 11.2. The fourth-order valence-corrected chi connectivity index (χ4v) is 4.54. The summed E-state index contributed by atoms with van der Waals surface area (Å²) in [5.41, 5.74) is 9.94. The summed E-state index contributed by atoms with van der Waals surface area (Å²) in [6.07, 6.45) is 3.52. The van der Waals surface area contributed by atoms with Gasteiger partial charge in [0.2, 0.25) is 0 Å². The molecule has 2 heterocycles. The van der Waals surface area contributed by atoms with E-state index in [1.54, 1.807) is 0 Å². The minimum absolute atomic E-state index is 0.0537. The largest absolute Gasteiger partial charge is 0.392 e. The van der Waals surface area contributed by atoms with Gasteiger partial charge in [0.1, 0.15) is 0 Å². The van der Waals surface area contributed by atoms with Crippen molar-refractivity contribution >= 4 is 0 Å². The normalized spacial score (nSPS) is 27.8. The van der Waals surface area contributed by atoms with E-state index in [-0.39, 0.29) is 24.7 Å². The van der Waals surface area contributed by atoms with E-state index in [2.05, 4.69) is 36.1 Å². The summed E-state index contributed by atoms with van der Waals surface area (Å²) < 4.78 is 13.0. The molecule has 0 amide bonds. The lowest BCUT2D eigenvalue weighted by atomic mass is 9.89. The highest BCUT2D eigenvalue weighted by atomic mass is 16.7. The second kappa shape index (κ2) is 10.0. The van der Waals surface area contributed by atoms with Crippen LogP contribution >= 0.6 is 0 Å². The highest BCUT2D eigenvalue weighted by Crippen LogP contribution is 2.42. The Hall–Kier alpha value is -1.76. The molecule has 2 aromatic carbocycles. The molecule has 3 N–H and O–H groups in total. The number of benzene rings is 2. The zero-order valence-electron chi connectivity index (χ0n) is 17.9. The lowest BCUT2D eigenvalue weighted by molar-refractivity contribution is -0.276. The lowest BCUT2D eigenvalue weighted by Crippen LogP contribution is -2.45. The molecule has 162 valence electrons. The Morgan fingerprint density at radius 2 is 1.53 bits per heavy atom. The quantitative estimate of drug-likeness (QED) is 0.756. The minimum Gasteiger partial charge on any atom is -0.392 e. The highest BCUT2D eigenvalue weighted by molar-refractivity contribution is 5.27. The topological polar surface area (TPSA) is 68.0 Å². The molecule has 2 saturated heterocycles. The van der Waals surface area contributed by atoms with Gasteiger partial charge in [0, 0.05) is 24.6 Å². The van der Waals surface area contributed by atoms with E-state index < -0.39 is 6.29 Å². The molecule has 2 aromatic rings. The number of hydrogen-bond acceptors (Lipinski definition) is 5. The summed E-state index contributed by atoms with van der Waals surface area (Å²) in [5.74, 6) is 0.228. The Morgan fingerprint density at radius 1 is 0.900 bits per heavy atom. The first-order chi connectivity index (χ1) is 14.7. The van der Waals surface area contributed by atoms with Crippen molar-refractivity contribution in [2.75, 3.05) is 19.6 Å². The van der Waals surface area contributed by atoms with Gasteiger partial charge >= 0.3 is 0 Å². The molecule has 0 spiro atoms. The van der Waals surface area contributed by atoms with Crippen molar-refractivity contribution in [1.82, 2.24) is 4.90 Å². The van der Waals surface area contributed by atoms with Crippen LogP contribution in [0.5, 0.6) is 0 Å². The maximum Gasteiger partial charge on any atom is 0.184 e. The molecule has 0 radical (unpaired) electrons. The Bertz CT molecular complexity index is 787. The highest BCUT2D eigenvalue weighted by Gasteiger charge is 2.39. The van der Waals surface area contributed by atoms with Crippen LogP contribution in [-0.2, 0) is 22.6 Å². The number of rotatable bonds is 6. The molecule has 5 heteroatoms. The van der Waals surface area contributed by atoms with Gasteiger partial charge in [-0.1, -0.05) is 61.9 Å². The van der Waals surface area contributed by atoms with Gasteiger partial charge in [-0.05, 0) is 42.6 Å². The van der Waals surface area contributed by atoms with Gasteiger partial charge in [0.25, 0.3) is 0 Å². The van der Waals surface area contributed by atoms with Gasteiger partial charge < -0.3 is 25.2 Å². The van der Waals surface area contributed by atoms with Gasteiger partial charge in [-0.25, -0.2) is 0 Å². The summed E-state index contributed by atoms with van der Waals surface area (Å²) in [5, 5.41) is 9.38. The average Bonchev–Trinajstić information content (AvgIpc) is 2.81. The number of nitrogens with two attached hydrogens (primary N) is 1. The molecule has 2 aliphatic heterocycles. The van der Waals surface area contributed by atoms with Gasteiger partial charge in [-0.15, -0.1) is 0 Å². The van der Waals surface area contributed by atoms with Crippen molar-refractivity contribution in [3.05, 3.63) is 70.8 Å². The van der Waals surface area contributed by atoms with Crippen molar-refractivity contribution < 1.29 is 14.6 Å². The van der Waals surface area contributed by atoms with E-state index in [0.717, 1.165) is 41.9 Å². The predicted octanol–water partition coefficient (Wildman–Crippen LogP) is 3.91. The van der Waals surface area contributed by atoms with Crippen LogP contribution in [0.3, 0.4) is 0 Å². The summed E-state index contributed by atoms with van der Waals surface area (Å²) in [6.45, 7) is 6.05. The smallest absolute Gasteiger partial charge is 0.184 e. The maximum atomic E-state index is 9.38. The van der Waals surface area contributed by atoms with Crippen LogP contribution in [0.15, 0.2) is 48.5 Å². The van der Waals surface area contributed by atoms with E-state index >= 15 is 0 Å². The maximum absolute atomic E-state index is 9.38.